The van der Waals surface area contributed by atoms with Gasteiger partial charge in [-0.15, -0.1) is 11.3 Å². The second-order valence-electron chi connectivity index (χ2n) is 9.07. The Labute approximate surface area is 217 Å². The number of carboxylic acid groups (broad SMARTS) is 1. The molecule has 2 heterocycles. The molecule has 184 valence electrons. The van der Waals surface area contributed by atoms with Crippen LogP contribution in [0.15, 0.2) is 60.2 Å². The molecule has 0 radical (unpaired) electrons. The summed E-state index contributed by atoms with van der Waals surface area (Å²) in [5, 5.41) is 17.4. The minimum Gasteiger partial charge on any atom is -0.481 e. The smallest absolute Gasteiger partial charge is 0.323 e. The van der Waals surface area contributed by atoms with Crippen LogP contribution in [0.1, 0.15) is 43.6 Å². The lowest BCUT2D eigenvalue weighted by Gasteiger charge is -2.27. The van der Waals surface area contributed by atoms with E-state index in [9.17, 15) is 9.59 Å². The van der Waals surface area contributed by atoms with Crippen LogP contribution in [0.25, 0.3) is 21.5 Å². The van der Waals surface area contributed by atoms with Crippen molar-refractivity contribution in [2.45, 2.75) is 38.0 Å². The number of halogens is 1. The molecule has 36 heavy (non-hydrogen) atoms. The molecule has 3 N–H and O–H groups in total. The lowest BCUT2D eigenvalue weighted by Crippen LogP contribution is -2.19. The van der Waals surface area contributed by atoms with Crippen molar-refractivity contribution in [1.29, 1.82) is 0 Å². The number of carbonyl (C=O) groups is 2. The first-order valence-electron chi connectivity index (χ1n) is 11.8. The van der Waals surface area contributed by atoms with Crippen molar-refractivity contribution in [1.82, 2.24) is 9.97 Å². The number of thiophene rings is 1. The van der Waals surface area contributed by atoms with Crippen LogP contribution in [-0.2, 0) is 4.79 Å². The summed E-state index contributed by atoms with van der Waals surface area (Å²) >= 11 is 7.62. The Bertz CT molecular complexity index is 1400. The van der Waals surface area contributed by atoms with E-state index in [4.69, 9.17) is 16.7 Å². The normalized spacial score (nSPS) is 17.6. The summed E-state index contributed by atoms with van der Waals surface area (Å²) in [6.07, 6.45) is 5.71. The molecule has 2 aromatic carbocycles. The van der Waals surface area contributed by atoms with Gasteiger partial charge in [0.25, 0.3) is 0 Å². The lowest BCUT2D eigenvalue weighted by molar-refractivity contribution is -0.138. The number of carboxylic acids is 1. The average molecular weight is 521 g/mol. The highest BCUT2D eigenvalue weighted by atomic mass is 35.5. The predicted molar refractivity (Wildman–Crippen MR) is 144 cm³/mol. The van der Waals surface area contributed by atoms with Crippen molar-refractivity contribution in [2.75, 3.05) is 10.6 Å². The van der Waals surface area contributed by atoms with Gasteiger partial charge in [-0.25, -0.2) is 14.8 Å². The monoisotopic (exact) mass is 520 g/mol. The molecule has 9 heteroatoms. The summed E-state index contributed by atoms with van der Waals surface area (Å²) < 4.78 is 1.04. The van der Waals surface area contributed by atoms with E-state index < -0.39 is 5.97 Å². The summed E-state index contributed by atoms with van der Waals surface area (Å²) in [6, 6.07) is 14.2. The minimum absolute atomic E-state index is 0.260. The number of aromatic nitrogens is 2. The fourth-order valence-electron chi connectivity index (χ4n) is 4.86. The highest BCUT2D eigenvalue weighted by Crippen LogP contribution is 2.42. The van der Waals surface area contributed by atoms with Crippen LogP contribution in [0.2, 0.25) is 5.02 Å². The summed E-state index contributed by atoms with van der Waals surface area (Å²) in [4.78, 5) is 32.5. The molecule has 1 fully saturated rings. The molecule has 0 unspecified atom stereocenters. The largest absolute Gasteiger partial charge is 0.481 e. The summed E-state index contributed by atoms with van der Waals surface area (Å²) in [5.41, 5.74) is 5.31. The summed E-state index contributed by atoms with van der Waals surface area (Å²) in [7, 11) is 0. The van der Waals surface area contributed by atoms with Crippen molar-refractivity contribution < 1.29 is 14.7 Å². The lowest BCUT2D eigenvalue weighted by atomic mass is 9.78. The van der Waals surface area contributed by atoms with Crippen LogP contribution in [0.4, 0.5) is 16.2 Å². The van der Waals surface area contributed by atoms with Crippen molar-refractivity contribution in [3.05, 3.63) is 70.8 Å². The van der Waals surface area contributed by atoms with Crippen LogP contribution in [0, 0.1) is 5.92 Å². The van der Waals surface area contributed by atoms with E-state index in [0.717, 1.165) is 47.2 Å². The minimum atomic E-state index is -0.709. The second-order valence-corrected chi connectivity index (χ2v) is 10.4. The molecule has 1 saturated carbocycles. The maximum absolute atomic E-state index is 12.3. The number of hydrogen-bond acceptors (Lipinski definition) is 5. The molecule has 0 bridgehead atoms. The highest BCUT2D eigenvalue weighted by molar-refractivity contribution is 7.17. The van der Waals surface area contributed by atoms with E-state index in [1.165, 1.54) is 5.56 Å². The third-order valence-corrected chi connectivity index (χ3v) is 7.86. The van der Waals surface area contributed by atoms with Crippen molar-refractivity contribution in [3.8, 4) is 11.3 Å². The van der Waals surface area contributed by atoms with E-state index in [2.05, 4.69) is 26.0 Å². The number of carbonyl (C=O) groups excluding carboxylic acids is 1. The number of aliphatic carboxylic acids is 1. The number of fused-ring (bicyclic) bond motifs is 1. The van der Waals surface area contributed by atoms with Crippen LogP contribution in [0.5, 0.6) is 0 Å². The first-order chi connectivity index (χ1) is 17.5. The maximum atomic E-state index is 12.3. The Kier molecular flexibility index (Phi) is 7.16. The van der Waals surface area contributed by atoms with Crippen LogP contribution < -0.4 is 10.6 Å². The Balaban J connectivity index is 1.29. The van der Waals surface area contributed by atoms with Crippen LogP contribution >= 0.6 is 22.9 Å². The Hall–Kier alpha value is -3.49. The molecule has 4 aromatic rings. The van der Waals surface area contributed by atoms with E-state index >= 15 is 0 Å². The standard InChI is InChI=1S/C27H25ClN4O3S/c28-19-2-1-3-21(13-19)32-27(35)31-20-10-8-18(9-11-20)24-26-25(30-15-29-24)22(14-36-26)17-6-4-16(5-7-17)12-23(33)34/h1-3,8-11,13-17H,4-7,12H2,(H,33,34)(H2,31,32,35). The van der Waals surface area contributed by atoms with Gasteiger partial charge in [-0.3, -0.25) is 4.79 Å². The van der Waals surface area contributed by atoms with E-state index in [1.54, 1.807) is 41.9 Å². The average Bonchev–Trinajstić information content (AvgIpc) is 3.29. The van der Waals surface area contributed by atoms with Gasteiger partial charge in [0.1, 0.15) is 6.33 Å². The van der Waals surface area contributed by atoms with Gasteiger partial charge in [-0.1, -0.05) is 29.8 Å². The fourth-order valence-corrected chi connectivity index (χ4v) is 6.16. The molecule has 2 amide bonds. The molecule has 0 spiro atoms. The number of anilines is 2. The number of rotatable bonds is 6. The molecule has 5 rings (SSSR count). The number of nitrogens with zero attached hydrogens (tertiary/aromatic N) is 2. The number of benzene rings is 2. The molecule has 0 atom stereocenters. The van der Waals surface area contributed by atoms with E-state index in [0.29, 0.717) is 22.3 Å². The molecule has 1 aliphatic carbocycles. The molecule has 7 nitrogen and oxygen atoms in total. The van der Waals surface area contributed by atoms with Gasteiger partial charge in [0.2, 0.25) is 0 Å². The third kappa shape index (κ3) is 5.50. The zero-order valence-electron chi connectivity index (χ0n) is 19.4. The molecule has 1 aliphatic rings. The van der Waals surface area contributed by atoms with Gasteiger partial charge in [-0.2, -0.15) is 0 Å². The van der Waals surface area contributed by atoms with Crippen molar-refractivity contribution >= 4 is 56.5 Å². The second kappa shape index (κ2) is 10.6. The number of amides is 2. The molecule has 2 aromatic heterocycles. The predicted octanol–water partition coefficient (Wildman–Crippen LogP) is 7.40. The topological polar surface area (TPSA) is 104 Å². The first kappa shape index (κ1) is 24.2. The molecule has 0 aliphatic heterocycles. The Morgan fingerprint density at radius 1 is 1.00 bits per heavy atom. The fraction of sp³-hybridized carbons (Fsp3) is 0.259. The quantitative estimate of drug-likeness (QED) is 0.245. The summed E-state index contributed by atoms with van der Waals surface area (Å²) in [5.74, 6) is -0.0376. The van der Waals surface area contributed by atoms with Gasteiger partial charge >= 0.3 is 12.0 Å². The molecule has 0 saturated heterocycles. The van der Waals surface area contributed by atoms with Crippen LogP contribution in [-0.4, -0.2) is 27.1 Å². The van der Waals surface area contributed by atoms with E-state index in [-0.39, 0.29) is 18.4 Å². The highest BCUT2D eigenvalue weighted by Gasteiger charge is 2.26. The van der Waals surface area contributed by atoms with Gasteiger partial charge in [0, 0.05) is 28.4 Å². The first-order valence-corrected chi connectivity index (χ1v) is 13.1. The molecular weight excluding hydrogens is 496 g/mol. The van der Waals surface area contributed by atoms with Crippen molar-refractivity contribution in [2.24, 2.45) is 5.92 Å². The van der Waals surface area contributed by atoms with Gasteiger partial charge in [0.05, 0.1) is 15.9 Å². The zero-order chi connectivity index (χ0) is 25.1. The van der Waals surface area contributed by atoms with Crippen molar-refractivity contribution in [3.63, 3.8) is 0 Å². The number of hydrogen-bond donors (Lipinski definition) is 3. The van der Waals surface area contributed by atoms with Crippen LogP contribution in [0.3, 0.4) is 0 Å². The Morgan fingerprint density at radius 3 is 2.47 bits per heavy atom. The SMILES string of the molecule is O=C(O)CC1CCC(c2csc3c(-c4ccc(NC(=O)Nc5cccc(Cl)c5)cc4)ncnc23)CC1. The molecular formula is C27H25ClN4O3S. The Morgan fingerprint density at radius 2 is 1.75 bits per heavy atom. The van der Waals surface area contributed by atoms with Gasteiger partial charge < -0.3 is 15.7 Å². The van der Waals surface area contributed by atoms with Gasteiger partial charge in [0.15, 0.2) is 0 Å². The summed E-state index contributed by atoms with van der Waals surface area (Å²) in [6.45, 7) is 0. The van der Waals surface area contributed by atoms with E-state index in [1.807, 2.05) is 24.3 Å². The zero-order valence-corrected chi connectivity index (χ0v) is 21.0. The third-order valence-electron chi connectivity index (χ3n) is 6.63. The maximum Gasteiger partial charge on any atom is 0.323 e. The number of nitrogens with one attached hydrogen (secondary N) is 2. The van der Waals surface area contributed by atoms with Gasteiger partial charge in [-0.05, 0) is 78.8 Å². The number of urea groups is 1.